The number of nitrogens with one attached hydrogen (secondary N) is 1. The van der Waals surface area contributed by atoms with Gasteiger partial charge in [-0.2, -0.15) is 0 Å². The van der Waals surface area contributed by atoms with Gasteiger partial charge in [-0.05, 0) is 25.7 Å². The highest BCUT2D eigenvalue weighted by molar-refractivity contribution is 7.89. The highest BCUT2D eigenvalue weighted by Crippen LogP contribution is 2.30. The monoisotopic (exact) mass is 265 g/mol. The van der Waals surface area contributed by atoms with Crippen LogP contribution in [0.25, 0.3) is 0 Å². The Kier molecular flexibility index (Phi) is 4.91. The van der Waals surface area contributed by atoms with Crippen molar-refractivity contribution in [1.82, 2.24) is 4.72 Å². The minimum absolute atomic E-state index is 0.0631. The number of sulfonamides is 1. The second kappa shape index (κ2) is 5.79. The van der Waals surface area contributed by atoms with Gasteiger partial charge in [0.25, 0.3) is 0 Å². The standard InChI is InChI=1S/C10H19NO5S/c1-16-9(12)4-2-7-17(14,15)11-8-10(13)5-3-6-10/h11,13H,2-8H2,1H3. The van der Waals surface area contributed by atoms with Crippen LogP contribution >= 0.6 is 0 Å². The molecule has 0 amide bonds. The van der Waals surface area contributed by atoms with Crippen LogP contribution < -0.4 is 4.72 Å². The largest absolute Gasteiger partial charge is 0.469 e. The zero-order valence-corrected chi connectivity index (χ0v) is 10.8. The third-order valence-electron chi connectivity index (χ3n) is 2.93. The molecule has 0 radical (unpaired) electrons. The van der Waals surface area contributed by atoms with Gasteiger partial charge in [-0.15, -0.1) is 0 Å². The van der Waals surface area contributed by atoms with Crippen molar-refractivity contribution in [3.05, 3.63) is 0 Å². The van der Waals surface area contributed by atoms with Crippen LogP contribution in [0.15, 0.2) is 0 Å². The molecule has 1 aliphatic carbocycles. The molecule has 0 aromatic heterocycles. The second-order valence-electron chi connectivity index (χ2n) is 4.40. The molecular weight excluding hydrogens is 246 g/mol. The average molecular weight is 265 g/mol. The maximum atomic E-state index is 11.5. The Morgan fingerprint density at radius 2 is 2.12 bits per heavy atom. The van der Waals surface area contributed by atoms with Crippen LogP contribution in [0.3, 0.4) is 0 Å². The molecule has 1 saturated carbocycles. The molecule has 0 spiro atoms. The summed E-state index contributed by atoms with van der Waals surface area (Å²) < 4.78 is 29.8. The Labute approximate surface area is 101 Å². The van der Waals surface area contributed by atoms with Crippen molar-refractivity contribution in [1.29, 1.82) is 0 Å². The number of hydrogen-bond donors (Lipinski definition) is 2. The molecule has 0 unspecified atom stereocenters. The van der Waals surface area contributed by atoms with Crippen LogP contribution in [0, 0.1) is 0 Å². The number of aliphatic hydroxyl groups is 1. The Bertz CT molecular complexity index is 361. The Morgan fingerprint density at radius 1 is 1.47 bits per heavy atom. The second-order valence-corrected chi connectivity index (χ2v) is 6.32. The predicted molar refractivity (Wildman–Crippen MR) is 61.8 cm³/mol. The molecule has 1 fully saturated rings. The number of hydrogen-bond acceptors (Lipinski definition) is 5. The SMILES string of the molecule is COC(=O)CCCS(=O)(=O)NCC1(O)CCC1. The summed E-state index contributed by atoms with van der Waals surface area (Å²) in [6.45, 7) is 0.0631. The lowest BCUT2D eigenvalue weighted by Crippen LogP contribution is -2.48. The topological polar surface area (TPSA) is 92.7 Å². The van der Waals surface area contributed by atoms with E-state index in [0.717, 1.165) is 6.42 Å². The molecule has 1 rings (SSSR count). The van der Waals surface area contributed by atoms with Gasteiger partial charge in [0.05, 0.1) is 18.5 Å². The van der Waals surface area contributed by atoms with Crippen LogP contribution in [0.1, 0.15) is 32.1 Å². The lowest BCUT2D eigenvalue weighted by Gasteiger charge is -2.36. The molecule has 0 heterocycles. The number of carbonyl (C=O) groups is 1. The fourth-order valence-corrected chi connectivity index (χ4v) is 2.74. The van der Waals surface area contributed by atoms with Crippen LogP contribution in [-0.2, 0) is 19.6 Å². The minimum Gasteiger partial charge on any atom is -0.469 e. The van der Waals surface area contributed by atoms with E-state index in [1.54, 1.807) is 0 Å². The Balaban J connectivity index is 2.24. The first-order chi connectivity index (χ1) is 7.87. The van der Waals surface area contributed by atoms with Gasteiger partial charge in [-0.1, -0.05) is 0 Å². The molecule has 0 aliphatic heterocycles. The van der Waals surface area contributed by atoms with Gasteiger partial charge < -0.3 is 9.84 Å². The van der Waals surface area contributed by atoms with E-state index in [2.05, 4.69) is 9.46 Å². The first-order valence-corrected chi connectivity index (χ1v) is 7.29. The number of ether oxygens (including phenoxy) is 1. The normalized spacial score (nSPS) is 18.5. The highest BCUT2D eigenvalue weighted by Gasteiger charge is 2.35. The third kappa shape index (κ3) is 5.01. The molecule has 2 N–H and O–H groups in total. The van der Waals surface area contributed by atoms with E-state index in [1.807, 2.05) is 0 Å². The first kappa shape index (κ1) is 14.4. The van der Waals surface area contributed by atoms with E-state index < -0.39 is 21.6 Å². The van der Waals surface area contributed by atoms with E-state index in [4.69, 9.17) is 0 Å². The summed E-state index contributed by atoms with van der Waals surface area (Å²) in [7, 11) is -2.15. The number of rotatable bonds is 7. The van der Waals surface area contributed by atoms with Crippen molar-refractivity contribution in [2.75, 3.05) is 19.4 Å². The summed E-state index contributed by atoms with van der Waals surface area (Å²) in [5.41, 5.74) is -0.866. The van der Waals surface area contributed by atoms with Gasteiger partial charge in [-0.25, -0.2) is 13.1 Å². The van der Waals surface area contributed by atoms with Crippen molar-refractivity contribution >= 4 is 16.0 Å². The maximum absolute atomic E-state index is 11.5. The van der Waals surface area contributed by atoms with Gasteiger partial charge in [0.2, 0.25) is 10.0 Å². The van der Waals surface area contributed by atoms with E-state index in [9.17, 15) is 18.3 Å². The quantitative estimate of drug-likeness (QED) is 0.620. The zero-order chi connectivity index (χ0) is 12.9. The third-order valence-corrected chi connectivity index (χ3v) is 4.34. The van der Waals surface area contributed by atoms with Crippen molar-refractivity contribution in [3.8, 4) is 0 Å². The van der Waals surface area contributed by atoms with E-state index in [0.29, 0.717) is 12.8 Å². The van der Waals surface area contributed by atoms with E-state index in [-0.39, 0.29) is 25.1 Å². The Morgan fingerprint density at radius 3 is 2.59 bits per heavy atom. The van der Waals surface area contributed by atoms with Gasteiger partial charge >= 0.3 is 5.97 Å². The maximum Gasteiger partial charge on any atom is 0.305 e. The summed E-state index contributed by atoms with van der Waals surface area (Å²) in [6, 6.07) is 0. The van der Waals surface area contributed by atoms with Crippen LogP contribution in [0.4, 0.5) is 0 Å². The molecule has 0 aromatic rings. The smallest absolute Gasteiger partial charge is 0.305 e. The molecule has 1 aliphatic rings. The van der Waals surface area contributed by atoms with Gasteiger partial charge in [0.15, 0.2) is 0 Å². The van der Waals surface area contributed by atoms with Crippen LogP contribution in [0.2, 0.25) is 0 Å². The van der Waals surface area contributed by atoms with E-state index >= 15 is 0 Å². The number of methoxy groups -OCH3 is 1. The fraction of sp³-hybridized carbons (Fsp3) is 0.900. The molecule has 6 nitrogen and oxygen atoms in total. The summed E-state index contributed by atoms with van der Waals surface area (Å²) in [5, 5.41) is 9.72. The van der Waals surface area contributed by atoms with Crippen molar-refractivity contribution in [3.63, 3.8) is 0 Å². The fourth-order valence-electron chi connectivity index (χ4n) is 1.59. The summed E-state index contributed by atoms with van der Waals surface area (Å²) in [5.74, 6) is -0.545. The number of carbonyl (C=O) groups excluding carboxylic acids is 1. The summed E-state index contributed by atoms with van der Waals surface area (Å²) >= 11 is 0. The molecule has 0 saturated heterocycles. The summed E-state index contributed by atoms with van der Waals surface area (Å²) in [6.07, 6.45) is 2.51. The molecular formula is C10H19NO5S. The highest BCUT2D eigenvalue weighted by atomic mass is 32.2. The van der Waals surface area contributed by atoms with Gasteiger partial charge in [0.1, 0.15) is 0 Å². The minimum atomic E-state index is -3.41. The molecule has 0 atom stereocenters. The molecule has 100 valence electrons. The Hall–Kier alpha value is -0.660. The number of esters is 1. The lowest BCUT2D eigenvalue weighted by atomic mass is 9.81. The van der Waals surface area contributed by atoms with Crippen molar-refractivity contribution in [2.45, 2.75) is 37.7 Å². The van der Waals surface area contributed by atoms with Crippen LogP contribution in [-0.4, -0.2) is 44.5 Å². The van der Waals surface area contributed by atoms with Crippen molar-refractivity contribution in [2.24, 2.45) is 0 Å². The van der Waals surface area contributed by atoms with Crippen LogP contribution in [0.5, 0.6) is 0 Å². The summed E-state index contributed by atoms with van der Waals surface area (Å²) in [4.78, 5) is 10.8. The van der Waals surface area contributed by atoms with Gasteiger partial charge in [0, 0.05) is 13.0 Å². The lowest BCUT2D eigenvalue weighted by molar-refractivity contribution is -0.140. The van der Waals surface area contributed by atoms with E-state index in [1.165, 1.54) is 7.11 Å². The average Bonchev–Trinajstić information content (AvgIpc) is 2.23. The van der Waals surface area contributed by atoms with Gasteiger partial charge in [-0.3, -0.25) is 4.79 Å². The molecule has 7 heteroatoms. The first-order valence-electron chi connectivity index (χ1n) is 5.63. The predicted octanol–water partition coefficient (Wildman–Crippen LogP) is -0.226. The molecule has 0 bridgehead atoms. The van der Waals surface area contributed by atoms with Crippen molar-refractivity contribution < 1.29 is 23.1 Å². The molecule has 17 heavy (non-hydrogen) atoms. The molecule has 0 aromatic carbocycles. The zero-order valence-electron chi connectivity index (χ0n) is 9.94.